The van der Waals surface area contributed by atoms with E-state index in [0.29, 0.717) is 23.6 Å². The second-order valence-electron chi connectivity index (χ2n) is 5.08. The molecule has 0 spiro atoms. The van der Waals surface area contributed by atoms with Crippen molar-refractivity contribution >= 4 is 17.4 Å². The molecule has 1 amide bonds. The van der Waals surface area contributed by atoms with Crippen molar-refractivity contribution in [3.8, 4) is 5.75 Å². The molecular weight excluding hydrogens is 297 g/mol. The van der Waals surface area contributed by atoms with Gasteiger partial charge in [0.05, 0.1) is 12.3 Å². The Balaban J connectivity index is 2.29. The average Bonchev–Trinajstić information content (AvgIpc) is 2.53. The fraction of sp³-hybridized carbons (Fsp3) is 0.222. The molecule has 2 aromatic rings. The van der Waals surface area contributed by atoms with E-state index in [1.54, 1.807) is 18.2 Å². The number of ketones is 1. The van der Waals surface area contributed by atoms with Crippen LogP contribution in [0.3, 0.4) is 0 Å². The van der Waals surface area contributed by atoms with Crippen molar-refractivity contribution in [2.45, 2.75) is 20.3 Å². The number of carbonyl (C=O) groups is 2. The minimum atomic E-state index is -0.488. The number of ether oxygens (including phenoxy) is 1. The number of halogens is 1. The summed E-state index contributed by atoms with van der Waals surface area (Å²) in [5.41, 5.74) is 1.04. The summed E-state index contributed by atoms with van der Waals surface area (Å²) in [6.45, 7) is 3.90. The van der Waals surface area contributed by atoms with Gasteiger partial charge in [-0.15, -0.1) is 0 Å². The van der Waals surface area contributed by atoms with Gasteiger partial charge in [-0.1, -0.05) is 13.0 Å². The number of hydrogen-bond donors (Lipinski definition) is 1. The van der Waals surface area contributed by atoms with Gasteiger partial charge in [0.2, 0.25) is 0 Å². The number of hydrogen-bond acceptors (Lipinski definition) is 3. The molecule has 0 aliphatic heterocycles. The van der Waals surface area contributed by atoms with Gasteiger partial charge in [-0.3, -0.25) is 9.59 Å². The van der Waals surface area contributed by atoms with Crippen molar-refractivity contribution in [1.82, 2.24) is 0 Å². The van der Waals surface area contributed by atoms with Crippen molar-refractivity contribution in [3.63, 3.8) is 0 Å². The lowest BCUT2D eigenvalue weighted by Gasteiger charge is -2.13. The molecule has 0 bridgehead atoms. The number of anilines is 1. The van der Waals surface area contributed by atoms with Crippen LogP contribution >= 0.6 is 0 Å². The lowest BCUT2D eigenvalue weighted by Crippen LogP contribution is -2.14. The van der Waals surface area contributed by atoms with Crippen molar-refractivity contribution in [3.05, 3.63) is 59.4 Å². The Bertz CT molecular complexity index is 728. The van der Waals surface area contributed by atoms with E-state index >= 15 is 0 Å². The SMILES string of the molecule is CCCOc1ccc(C(C)=O)cc1NC(=O)c1cccc(F)c1. The molecule has 0 atom stereocenters. The molecule has 2 aromatic carbocycles. The highest BCUT2D eigenvalue weighted by atomic mass is 19.1. The number of rotatable bonds is 6. The summed E-state index contributed by atoms with van der Waals surface area (Å²) in [7, 11) is 0. The second-order valence-corrected chi connectivity index (χ2v) is 5.08. The molecule has 0 aliphatic carbocycles. The monoisotopic (exact) mass is 315 g/mol. The molecule has 0 saturated heterocycles. The zero-order valence-corrected chi connectivity index (χ0v) is 13.1. The molecule has 0 saturated carbocycles. The number of amides is 1. The Hall–Kier alpha value is -2.69. The number of carbonyl (C=O) groups excluding carboxylic acids is 2. The zero-order valence-electron chi connectivity index (χ0n) is 13.1. The van der Waals surface area contributed by atoms with Crippen LogP contribution in [0.25, 0.3) is 0 Å². The standard InChI is InChI=1S/C18H18FNO3/c1-3-9-23-17-8-7-13(12(2)21)11-16(17)20-18(22)14-5-4-6-15(19)10-14/h4-8,10-11H,3,9H2,1-2H3,(H,20,22). The third-order valence-corrected chi connectivity index (χ3v) is 3.18. The fourth-order valence-corrected chi connectivity index (χ4v) is 2.01. The van der Waals surface area contributed by atoms with E-state index in [1.807, 2.05) is 6.92 Å². The van der Waals surface area contributed by atoms with Gasteiger partial charge in [-0.05, 0) is 49.7 Å². The molecule has 23 heavy (non-hydrogen) atoms. The highest BCUT2D eigenvalue weighted by molar-refractivity contribution is 6.06. The summed E-state index contributed by atoms with van der Waals surface area (Å²) >= 11 is 0. The van der Waals surface area contributed by atoms with E-state index < -0.39 is 11.7 Å². The maximum absolute atomic E-state index is 13.2. The minimum absolute atomic E-state index is 0.117. The first kappa shape index (κ1) is 16.7. The van der Waals surface area contributed by atoms with Crippen LogP contribution < -0.4 is 10.1 Å². The molecule has 120 valence electrons. The predicted molar refractivity (Wildman–Crippen MR) is 86.6 cm³/mol. The third kappa shape index (κ3) is 4.39. The zero-order chi connectivity index (χ0) is 16.8. The number of Topliss-reactive ketones (excluding diaryl/α,β-unsaturated/α-hetero) is 1. The van der Waals surface area contributed by atoms with Crippen LogP contribution in [-0.2, 0) is 0 Å². The van der Waals surface area contributed by atoms with Gasteiger partial charge in [0.1, 0.15) is 11.6 Å². The summed E-state index contributed by atoms with van der Waals surface area (Å²) < 4.78 is 18.8. The van der Waals surface area contributed by atoms with Crippen molar-refractivity contribution in [1.29, 1.82) is 0 Å². The highest BCUT2D eigenvalue weighted by Gasteiger charge is 2.13. The molecule has 0 unspecified atom stereocenters. The van der Waals surface area contributed by atoms with Crippen LogP contribution in [0, 0.1) is 5.82 Å². The minimum Gasteiger partial charge on any atom is -0.491 e. The van der Waals surface area contributed by atoms with Crippen molar-refractivity contribution in [2.24, 2.45) is 0 Å². The fourth-order valence-electron chi connectivity index (χ4n) is 2.01. The van der Waals surface area contributed by atoms with Crippen LogP contribution in [0.4, 0.5) is 10.1 Å². The summed E-state index contributed by atoms with van der Waals surface area (Å²) in [5, 5.41) is 2.68. The Labute approximate surface area is 134 Å². The van der Waals surface area contributed by atoms with Crippen LogP contribution in [0.15, 0.2) is 42.5 Å². The van der Waals surface area contributed by atoms with Crippen LogP contribution in [-0.4, -0.2) is 18.3 Å². The normalized spacial score (nSPS) is 10.2. The third-order valence-electron chi connectivity index (χ3n) is 3.18. The van der Waals surface area contributed by atoms with E-state index in [-0.39, 0.29) is 11.3 Å². The van der Waals surface area contributed by atoms with E-state index in [4.69, 9.17) is 4.74 Å². The van der Waals surface area contributed by atoms with E-state index in [1.165, 1.54) is 25.1 Å². The maximum atomic E-state index is 13.2. The van der Waals surface area contributed by atoms with Gasteiger partial charge in [0, 0.05) is 11.1 Å². The lowest BCUT2D eigenvalue weighted by molar-refractivity contribution is 0.101. The van der Waals surface area contributed by atoms with Crippen LogP contribution in [0.1, 0.15) is 41.0 Å². The first-order valence-corrected chi connectivity index (χ1v) is 7.36. The molecule has 5 heteroatoms. The van der Waals surface area contributed by atoms with Crippen molar-refractivity contribution in [2.75, 3.05) is 11.9 Å². The quantitative estimate of drug-likeness (QED) is 0.818. The van der Waals surface area contributed by atoms with Crippen LogP contribution in [0.2, 0.25) is 0 Å². The largest absolute Gasteiger partial charge is 0.491 e. The predicted octanol–water partition coefficient (Wildman–Crippen LogP) is 4.07. The van der Waals surface area contributed by atoms with Gasteiger partial charge in [0.25, 0.3) is 5.91 Å². The van der Waals surface area contributed by atoms with Gasteiger partial charge in [-0.2, -0.15) is 0 Å². The van der Waals surface area contributed by atoms with E-state index in [2.05, 4.69) is 5.32 Å². The molecule has 4 nitrogen and oxygen atoms in total. The van der Waals surface area contributed by atoms with Gasteiger partial charge < -0.3 is 10.1 Å². The molecule has 2 rings (SSSR count). The first-order valence-electron chi connectivity index (χ1n) is 7.36. The van der Waals surface area contributed by atoms with Gasteiger partial charge in [0.15, 0.2) is 5.78 Å². The average molecular weight is 315 g/mol. The first-order chi connectivity index (χ1) is 11.0. The Kier molecular flexibility index (Phi) is 5.46. The highest BCUT2D eigenvalue weighted by Crippen LogP contribution is 2.27. The molecule has 0 radical (unpaired) electrons. The Morgan fingerprint density at radius 2 is 1.91 bits per heavy atom. The maximum Gasteiger partial charge on any atom is 0.255 e. The molecular formula is C18H18FNO3. The molecule has 0 heterocycles. The lowest BCUT2D eigenvalue weighted by atomic mass is 10.1. The second kappa shape index (κ2) is 7.54. The summed E-state index contributed by atoms with van der Waals surface area (Å²) in [6, 6.07) is 10.2. The van der Waals surface area contributed by atoms with Crippen molar-refractivity contribution < 1.29 is 18.7 Å². The summed E-state index contributed by atoms with van der Waals surface area (Å²) in [6.07, 6.45) is 0.811. The Morgan fingerprint density at radius 1 is 1.13 bits per heavy atom. The number of nitrogens with one attached hydrogen (secondary N) is 1. The van der Waals surface area contributed by atoms with Gasteiger partial charge >= 0.3 is 0 Å². The molecule has 0 aromatic heterocycles. The Morgan fingerprint density at radius 3 is 2.57 bits per heavy atom. The molecule has 1 N–H and O–H groups in total. The van der Waals surface area contributed by atoms with E-state index in [0.717, 1.165) is 12.5 Å². The summed E-state index contributed by atoms with van der Waals surface area (Å²) in [4.78, 5) is 23.8. The summed E-state index contributed by atoms with van der Waals surface area (Å²) in [5.74, 6) is -0.598. The topological polar surface area (TPSA) is 55.4 Å². The molecule has 0 fully saturated rings. The molecule has 0 aliphatic rings. The van der Waals surface area contributed by atoms with E-state index in [9.17, 15) is 14.0 Å². The van der Waals surface area contributed by atoms with Gasteiger partial charge in [-0.25, -0.2) is 4.39 Å². The number of benzene rings is 2. The van der Waals surface area contributed by atoms with Crippen LogP contribution in [0.5, 0.6) is 5.75 Å². The smallest absolute Gasteiger partial charge is 0.255 e.